The van der Waals surface area contributed by atoms with Crippen LogP contribution in [0, 0.1) is 0 Å². The van der Waals surface area contributed by atoms with Gasteiger partial charge in [0.05, 0.1) is 14.2 Å². The zero-order valence-corrected chi connectivity index (χ0v) is 16.7. The molecule has 2 aromatic carbocycles. The number of methoxy groups -OCH3 is 2. The molecule has 7 heteroatoms. The van der Waals surface area contributed by atoms with Gasteiger partial charge in [0.25, 0.3) is 0 Å². The first kappa shape index (κ1) is 19.8. The van der Waals surface area contributed by atoms with Gasteiger partial charge in [-0.3, -0.25) is 0 Å². The van der Waals surface area contributed by atoms with Crippen molar-refractivity contribution in [2.75, 3.05) is 31.4 Å². The number of rotatable bonds is 9. The molecule has 6 nitrogen and oxygen atoms in total. The molecule has 3 rings (SSSR count). The Morgan fingerprint density at radius 1 is 0.893 bits per heavy atom. The summed E-state index contributed by atoms with van der Waals surface area (Å²) in [6.07, 6.45) is 2.54. The molecule has 146 valence electrons. The molecule has 0 atom stereocenters. The first-order valence-electron chi connectivity index (χ1n) is 8.94. The molecular weight excluding hydrogens is 376 g/mol. The Labute approximate surface area is 169 Å². The zero-order chi connectivity index (χ0) is 19.8. The van der Waals surface area contributed by atoms with Crippen LogP contribution >= 0.6 is 11.6 Å². The van der Waals surface area contributed by atoms with Gasteiger partial charge >= 0.3 is 0 Å². The third-order valence-corrected chi connectivity index (χ3v) is 4.44. The summed E-state index contributed by atoms with van der Waals surface area (Å²) in [5, 5.41) is 7.27. The second kappa shape index (κ2) is 9.80. The van der Waals surface area contributed by atoms with Crippen LogP contribution in [0.2, 0.25) is 5.02 Å². The summed E-state index contributed by atoms with van der Waals surface area (Å²) in [5.74, 6) is 2.80. The van der Waals surface area contributed by atoms with Crippen LogP contribution in [0.15, 0.2) is 54.7 Å². The molecule has 0 bridgehead atoms. The SMILES string of the molecule is COc1ccc(CCNc2nccc(NCc3ccc(Cl)cc3)n2)cc1OC. The van der Waals surface area contributed by atoms with Crippen LogP contribution in [-0.2, 0) is 13.0 Å². The molecule has 0 spiro atoms. The summed E-state index contributed by atoms with van der Waals surface area (Å²) < 4.78 is 10.6. The molecular formula is C21H23ClN4O2. The lowest BCUT2D eigenvalue weighted by atomic mass is 10.1. The number of aromatic nitrogens is 2. The lowest BCUT2D eigenvalue weighted by Gasteiger charge is -2.11. The highest BCUT2D eigenvalue weighted by molar-refractivity contribution is 6.30. The van der Waals surface area contributed by atoms with E-state index in [1.165, 1.54) is 0 Å². The molecule has 3 aromatic rings. The van der Waals surface area contributed by atoms with Crippen molar-refractivity contribution in [2.24, 2.45) is 0 Å². The smallest absolute Gasteiger partial charge is 0.224 e. The maximum Gasteiger partial charge on any atom is 0.224 e. The van der Waals surface area contributed by atoms with Gasteiger partial charge in [0.2, 0.25) is 5.95 Å². The van der Waals surface area contributed by atoms with E-state index in [0.717, 1.165) is 39.9 Å². The molecule has 0 radical (unpaired) electrons. The molecule has 28 heavy (non-hydrogen) atoms. The summed E-state index contributed by atoms with van der Waals surface area (Å²) in [6.45, 7) is 1.37. The maximum atomic E-state index is 5.91. The summed E-state index contributed by atoms with van der Waals surface area (Å²) in [6, 6.07) is 15.5. The van der Waals surface area contributed by atoms with E-state index in [0.29, 0.717) is 19.0 Å². The van der Waals surface area contributed by atoms with Crippen LogP contribution < -0.4 is 20.1 Å². The van der Waals surface area contributed by atoms with E-state index < -0.39 is 0 Å². The molecule has 0 unspecified atom stereocenters. The summed E-state index contributed by atoms with van der Waals surface area (Å²) >= 11 is 5.91. The van der Waals surface area contributed by atoms with Crippen LogP contribution in [0.4, 0.5) is 11.8 Å². The number of nitrogens with zero attached hydrogens (tertiary/aromatic N) is 2. The quantitative estimate of drug-likeness (QED) is 0.556. The van der Waals surface area contributed by atoms with Crippen molar-refractivity contribution >= 4 is 23.4 Å². The van der Waals surface area contributed by atoms with Crippen molar-refractivity contribution in [1.29, 1.82) is 0 Å². The van der Waals surface area contributed by atoms with Gasteiger partial charge in [0, 0.05) is 24.3 Å². The minimum absolute atomic E-state index is 0.585. The van der Waals surface area contributed by atoms with E-state index >= 15 is 0 Å². The Balaban J connectivity index is 1.52. The van der Waals surface area contributed by atoms with Crippen LogP contribution in [-0.4, -0.2) is 30.7 Å². The second-order valence-electron chi connectivity index (χ2n) is 6.11. The topological polar surface area (TPSA) is 68.3 Å². The first-order valence-corrected chi connectivity index (χ1v) is 9.32. The summed E-state index contributed by atoms with van der Waals surface area (Å²) in [5.41, 5.74) is 2.27. The van der Waals surface area contributed by atoms with Crippen molar-refractivity contribution in [3.8, 4) is 11.5 Å². The molecule has 0 aliphatic carbocycles. The number of hydrogen-bond acceptors (Lipinski definition) is 6. The fourth-order valence-electron chi connectivity index (χ4n) is 2.69. The van der Waals surface area contributed by atoms with Crippen molar-refractivity contribution in [3.05, 3.63) is 70.9 Å². The number of ether oxygens (including phenoxy) is 2. The average Bonchev–Trinajstić information content (AvgIpc) is 2.73. The molecule has 0 aliphatic heterocycles. The number of hydrogen-bond donors (Lipinski definition) is 2. The van der Waals surface area contributed by atoms with Gasteiger partial charge in [-0.15, -0.1) is 0 Å². The fourth-order valence-corrected chi connectivity index (χ4v) is 2.82. The van der Waals surface area contributed by atoms with Gasteiger partial charge in [-0.1, -0.05) is 29.8 Å². The van der Waals surface area contributed by atoms with Gasteiger partial charge in [-0.2, -0.15) is 4.98 Å². The van der Waals surface area contributed by atoms with Crippen LogP contribution in [0.3, 0.4) is 0 Å². The normalized spacial score (nSPS) is 10.4. The third kappa shape index (κ3) is 5.50. The molecule has 1 heterocycles. The Kier molecular flexibility index (Phi) is 6.92. The highest BCUT2D eigenvalue weighted by Crippen LogP contribution is 2.27. The molecule has 2 N–H and O–H groups in total. The van der Waals surface area contributed by atoms with Gasteiger partial charge in [0.15, 0.2) is 11.5 Å². The number of nitrogens with one attached hydrogen (secondary N) is 2. The monoisotopic (exact) mass is 398 g/mol. The van der Waals surface area contributed by atoms with Crippen molar-refractivity contribution < 1.29 is 9.47 Å². The molecule has 1 aromatic heterocycles. The van der Waals surface area contributed by atoms with E-state index in [2.05, 4.69) is 20.6 Å². The molecule has 0 amide bonds. The number of halogens is 1. The van der Waals surface area contributed by atoms with Crippen LogP contribution in [0.25, 0.3) is 0 Å². The van der Waals surface area contributed by atoms with Crippen LogP contribution in [0.1, 0.15) is 11.1 Å². The van der Waals surface area contributed by atoms with Crippen LogP contribution in [0.5, 0.6) is 11.5 Å². The fraction of sp³-hybridized carbons (Fsp3) is 0.238. The Hall–Kier alpha value is -2.99. The van der Waals surface area contributed by atoms with Gasteiger partial charge in [-0.05, 0) is 47.9 Å². The zero-order valence-electron chi connectivity index (χ0n) is 15.9. The number of benzene rings is 2. The average molecular weight is 399 g/mol. The van der Waals surface area contributed by atoms with E-state index in [1.807, 2.05) is 48.5 Å². The van der Waals surface area contributed by atoms with Crippen molar-refractivity contribution in [2.45, 2.75) is 13.0 Å². The minimum Gasteiger partial charge on any atom is -0.493 e. The number of anilines is 2. The van der Waals surface area contributed by atoms with E-state index in [-0.39, 0.29) is 0 Å². The van der Waals surface area contributed by atoms with E-state index in [1.54, 1.807) is 20.4 Å². The van der Waals surface area contributed by atoms with E-state index in [4.69, 9.17) is 21.1 Å². The van der Waals surface area contributed by atoms with Crippen molar-refractivity contribution in [1.82, 2.24) is 9.97 Å². The minimum atomic E-state index is 0.585. The Bertz CT molecular complexity index is 903. The lowest BCUT2D eigenvalue weighted by molar-refractivity contribution is 0.354. The molecule has 0 saturated carbocycles. The second-order valence-corrected chi connectivity index (χ2v) is 6.55. The predicted molar refractivity (Wildman–Crippen MR) is 113 cm³/mol. The first-order chi connectivity index (χ1) is 13.7. The molecule has 0 saturated heterocycles. The maximum absolute atomic E-state index is 5.91. The largest absolute Gasteiger partial charge is 0.493 e. The van der Waals surface area contributed by atoms with Gasteiger partial charge in [-0.25, -0.2) is 4.98 Å². The van der Waals surface area contributed by atoms with Gasteiger partial charge in [0.1, 0.15) is 5.82 Å². The Morgan fingerprint density at radius 3 is 2.39 bits per heavy atom. The van der Waals surface area contributed by atoms with Crippen molar-refractivity contribution in [3.63, 3.8) is 0 Å². The highest BCUT2D eigenvalue weighted by atomic mass is 35.5. The highest BCUT2D eigenvalue weighted by Gasteiger charge is 2.05. The summed E-state index contributed by atoms with van der Waals surface area (Å²) in [4.78, 5) is 8.77. The standard InChI is InChI=1S/C21H23ClN4O2/c1-27-18-8-5-15(13-19(18)28-2)9-11-23-21-24-12-10-20(26-21)25-14-16-3-6-17(22)7-4-16/h3-8,10,12-13H,9,11,14H2,1-2H3,(H2,23,24,25,26). The van der Waals surface area contributed by atoms with Gasteiger partial charge < -0.3 is 20.1 Å². The Morgan fingerprint density at radius 2 is 1.64 bits per heavy atom. The summed E-state index contributed by atoms with van der Waals surface area (Å²) in [7, 11) is 3.26. The third-order valence-electron chi connectivity index (χ3n) is 4.19. The predicted octanol–water partition coefficient (Wildman–Crippen LogP) is 4.41. The molecule has 0 fully saturated rings. The van der Waals surface area contributed by atoms with E-state index in [9.17, 15) is 0 Å². The molecule has 0 aliphatic rings. The lowest BCUT2D eigenvalue weighted by Crippen LogP contribution is -2.09.